The summed E-state index contributed by atoms with van der Waals surface area (Å²) < 4.78 is 20.3. The minimum atomic E-state index is -0.526. The smallest absolute Gasteiger partial charge is 0.325 e. The van der Waals surface area contributed by atoms with Gasteiger partial charge in [-0.25, -0.2) is 9.97 Å². The lowest BCUT2D eigenvalue weighted by Gasteiger charge is -2.27. The summed E-state index contributed by atoms with van der Waals surface area (Å²) in [5.41, 5.74) is 5.77. The first-order valence-corrected chi connectivity index (χ1v) is 17.2. The Hall–Kier alpha value is -5.39. The number of benzene rings is 2. The average molecular weight is 677 g/mol. The number of hydrogen-bond acceptors (Lipinski definition) is 8. The molecule has 8 rings (SSSR count). The zero-order chi connectivity index (χ0) is 34.5. The zero-order valence-corrected chi connectivity index (χ0v) is 28.5. The van der Waals surface area contributed by atoms with E-state index in [0.717, 1.165) is 70.8 Å². The quantitative estimate of drug-likeness (QED) is 0.194. The van der Waals surface area contributed by atoms with Crippen LogP contribution in [0.2, 0.25) is 0 Å². The highest BCUT2D eigenvalue weighted by molar-refractivity contribution is 6.00. The molecule has 4 heterocycles. The molecule has 2 aliphatic carbocycles. The summed E-state index contributed by atoms with van der Waals surface area (Å²) in [7, 11) is 4.91. The largest absolute Gasteiger partial charge is 0.494 e. The van der Waals surface area contributed by atoms with Crippen LogP contribution in [0.25, 0.3) is 44.8 Å². The lowest BCUT2D eigenvalue weighted by Crippen LogP contribution is -2.37. The van der Waals surface area contributed by atoms with Crippen LogP contribution < -0.4 is 14.8 Å². The summed E-state index contributed by atoms with van der Waals surface area (Å²) >= 11 is 0. The molecule has 2 unspecified atom stereocenters. The molecule has 3 fully saturated rings. The Labute approximate surface area is 289 Å². The molecule has 5 aromatic rings. The van der Waals surface area contributed by atoms with Gasteiger partial charge >= 0.3 is 5.97 Å². The Balaban J connectivity index is 1.09. The number of pyridine rings is 1. The van der Waals surface area contributed by atoms with Crippen LogP contribution in [0.15, 0.2) is 54.6 Å². The Morgan fingerprint density at radius 2 is 1.78 bits per heavy atom. The van der Waals surface area contributed by atoms with E-state index in [2.05, 4.69) is 31.3 Å². The molecule has 3 aliphatic rings. The first-order chi connectivity index (χ1) is 24.3. The van der Waals surface area contributed by atoms with Crippen molar-refractivity contribution in [2.24, 2.45) is 18.9 Å². The number of esters is 1. The summed E-state index contributed by atoms with van der Waals surface area (Å²) in [6.07, 6.45) is 5.78. The normalized spacial score (nSPS) is 18.2. The monoisotopic (exact) mass is 676 g/mol. The number of aromatic nitrogens is 4. The van der Waals surface area contributed by atoms with Crippen molar-refractivity contribution in [2.75, 3.05) is 33.9 Å². The van der Waals surface area contributed by atoms with Gasteiger partial charge in [-0.15, -0.1) is 0 Å². The number of carbonyl (C=O) groups is 3. The number of rotatable bonds is 11. The fraction of sp³-hybridized carbons (Fsp3) is 0.395. The molecule has 50 heavy (non-hydrogen) atoms. The number of imidazole rings is 1. The lowest BCUT2D eigenvalue weighted by atomic mass is 10.1. The van der Waals surface area contributed by atoms with E-state index < -0.39 is 11.9 Å². The molecule has 258 valence electrons. The third-order valence-electron chi connectivity index (χ3n) is 10.4. The molecule has 1 aliphatic heterocycles. The Bertz CT molecular complexity index is 2130. The molecule has 2 aromatic carbocycles. The molecule has 2 amide bonds. The Morgan fingerprint density at radius 3 is 2.48 bits per heavy atom. The van der Waals surface area contributed by atoms with Crippen LogP contribution >= 0.6 is 0 Å². The van der Waals surface area contributed by atoms with Gasteiger partial charge in [0.25, 0.3) is 11.8 Å². The van der Waals surface area contributed by atoms with Crippen molar-refractivity contribution in [1.82, 2.24) is 29.3 Å². The van der Waals surface area contributed by atoms with Crippen molar-refractivity contribution in [3.8, 4) is 34.3 Å². The van der Waals surface area contributed by atoms with Crippen LogP contribution in [0.1, 0.15) is 42.5 Å². The second-order valence-electron chi connectivity index (χ2n) is 13.7. The number of piperidine rings is 1. The molecule has 3 aromatic heterocycles. The van der Waals surface area contributed by atoms with Crippen molar-refractivity contribution in [1.29, 1.82) is 0 Å². The van der Waals surface area contributed by atoms with Crippen LogP contribution in [0.3, 0.4) is 0 Å². The number of nitrogens with zero attached hydrogens (tertiary/aromatic N) is 5. The van der Waals surface area contributed by atoms with Crippen molar-refractivity contribution < 1.29 is 28.6 Å². The van der Waals surface area contributed by atoms with E-state index in [1.165, 1.54) is 26.4 Å². The molecule has 2 bridgehead atoms. The summed E-state index contributed by atoms with van der Waals surface area (Å²) in [5, 5.41) is 3.47. The first-order valence-electron chi connectivity index (χ1n) is 17.2. The predicted octanol–water partition coefficient (Wildman–Crippen LogP) is 4.97. The fourth-order valence-corrected chi connectivity index (χ4v) is 7.54. The maximum absolute atomic E-state index is 13.7. The minimum Gasteiger partial charge on any atom is -0.494 e. The maximum atomic E-state index is 13.7. The van der Waals surface area contributed by atoms with Gasteiger partial charge in [0.05, 0.1) is 31.1 Å². The highest BCUT2D eigenvalue weighted by Crippen LogP contribution is 2.40. The second kappa shape index (κ2) is 12.8. The summed E-state index contributed by atoms with van der Waals surface area (Å²) in [4.78, 5) is 49.3. The van der Waals surface area contributed by atoms with Gasteiger partial charge < -0.3 is 33.6 Å². The summed E-state index contributed by atoms with van der Waals surface area (Å²) in [5.74, 6) is 2.28. The molecule has 0 spiro atoms. The van der Waals surface area contributed by atoms with E-state index >= 15 is 0 Å². The zero-order valence-electron chi connectivity index (χ0n) is 28.5. The van der Waals surface area contributed by atoms with Crippen molar-refractivity contribution in [3.63, 3.8) is 0 Å². The molecule has 1 saturated heterocycles. The third-order valence-corrected chi connectivity index (χ3v) is 10.4. The third kappa shape index (κ3) is 5.92. The Morgan fingerprint density at radius 1 is 0.960 bits per heavy atom. The van der Waals surface area contributed by atoms with E-state index in [1.807, 2.05) is 42.3 Å². The second-order valence-corrected chi connectivity index (χ2v) is 13.7. The summed E-state index contributed by atoms with van der Waals surface area (Å²) in [6, 6.07) is 17.8. The number of nitrogens with one attached hydrogen (secondary N) is 1. The molecule has 0 radical (unpaired) electrons. The van der Waals surface area contributed by atoms with E-state index in [9.17, 15) is 14.4 Å². The van der Waals surface area contributed by atoms with Gasteiger partial charge in [-0.05, 0) is 98.5 Å². The minimum absolute atomic E-state index is 0.0601. The predicted molar refractivity (Wildman–Crippen MR) is 187 cm³/mol. The van der Waals surface area contributed by atoms with Crippen molar-refractivity contribution in [2.45, 2.75) is 44.7 Å². The molecule has 12 heteroatoms. The molecule has 1 N–H and O–H groups in total. The number of likely N-dealkylation sites (tertiary alicyclic amines) is 1. The van der Waals surface area contributed by atoms with E-state index in [1.54, 1.807) is 19.2 Å². The van der Waals surface area contributed by atoms with Crippen LogP contribution in [-0.4, -0.2) is 81.7 Å². The van der Waals surface area contributed by atoms with Crippen LogP contribution in [0, 0.1) is 11.8 Å². The standard InChI is InChI=1S/C38H40N6O6/c1-42-35-30(15-26(17-32(35)48-2)38(47)43-20-23-6-10-27(43)14-23)41-37(42)31-16-25-9-13-29(40-36(25)44(31)19-22-4-5-22)24-7-11-28(12-8-24)50-21-33(45)39-18-34(46)49-3/h7-9,11-13,15-17,22-23,27H,4-6,10,14,18-21H2,1-3H3,(H,39,45). The van der Waals surface area contributed by atoms with Crippen molar-refractivity contribution >= 4 is 39.9 Å². The highest BCUT2D eigenvalue weighted by Gasteiger charge is 2.40. The van der Waals surface area contributed by atoms with Crippen molar-refractivity contribution in [3.05, 3.63) is 60.2 Å². The van der Waals surface area contributed by atoms with Crippen LogP contribution in [0.4, 0.5) is 0 Å². The molecule has 12 nitrogen and oxygen atoms in total. The Kier molecular flexibility index (Phi) is 8.16. The maximum Gasteiger partial charge on any atom is 0.325 e. The molecule has 2 atom stereocenters. The number of methoxy groups -OCH3 is 2. The lowest BCUT2D eigenvalue weighted by molar-refractivity contribution is -0.141. The number of aryl methyl sites for hydroxylation is 1. The SMILES string of the molecule is COC(=O)CNC(=O)COc1ccc(-c2ccc3cc(-c4nc5cc(C(=O)N6CC7CCC6C7)cc(OC)c5n4C)n(CC4CC4)c3n2)cc1. The highest BCUT2D eigenvalue weighted by atomic mass is 16.5. The first kappa shape index (κ1) is 31.9. The molecular weight excluding hydrogens is 636 g/mol. The number of carbonyl (C=O) groups excluding carboxylic acids is 3. The average Bonchev–Trinajstić information content (AvgIpc) is 3.41. The number of fused-ring (bicyclic) bond motifs is 4. The van der Waals surface area contributed by atoms with Gasteiger partial charge in [-0.2, -0.15) is 0 Å². The van der Waals surface area contributed by atoms with E-state index in [0.29, 0.717) is 34.9 Å². The van der Waals surface area contributed by atoms with Gasteiger partial charge in [-0.1, -0.05) is 0 Å². The number of ether oxygens (including phenoxy) is 3. The number of amides is 2. The summed E-state index contributed by atoms with van der Waals surface area (Å²) in [6.45, 7) is 1.25. The van der Waals surface area contributed by atoms with Crippen LogP contribution in [-0.2, 0) is 27.9 Å². The van der Waals surface area contributed by atoms with E-state index in [4.69, 9.17) is 19.4 Å². The van der Waals surface area contributed by atoms with Gasteiger partial charge in [0.15, 0.2) is 12.4 Å². The van der Waals surface area contributed by atoms with Gasteiger partial charge in [0.1, 0.15) is 29.2 Å². The molecular formula is C38H40N6O6. The van der Waals surface area contributed by atoms with E-state index in [-0.39, 0.29) is 19.1 Å². The molecule has 2 saturated carbocycles. The van der Waals surface area contributed by atoms with Gasteiger partial charge in [0.2, 0.25) is 0 Å². The number of hydrogen-bond donors (Lipinski definition) is 1. The van der Waals surface area contributed by atoms with Gasteiger partial charge in [0, 0.05) is 42.7 Å². The van der Waals surface area contributed by atoms with Gasteiger partial charge in [-0.3, -0.25) is 14.4 Å². The fourth-order valence-electron chi connectivity index (χ4n) is 7.54. The topological polar surface area (TPSA) is 130 Å². The van der Waals surface area contributed by atoms with Crippen LogP contribution in [0.5, 0.6) is 11.5 Å².